The molecule has 0 saturated carbocycles. The van der Waals surface area contributed by atoms with E-state index in [2.05, 4.69) is 17.3 Å². The topological polar surface area (TPSA) is 75.9 Å². The summed E-state index contributed by atoms with van der Waals surface area (Å²) in [7, 11) is 0. The van der Waals surface area contributed by atoms with Crippen LogP contribution in [0.2, 0.25) is 0 Å². The normalized spacial score (nSPS) is 19.2. The van der Waals surface area contributed by atoms with Crippen molar-refractivity contribution in [3.63, 3.8) is 0 Å². The van der Waals surface area contributed by atoms with Gasteiger partial charge in [-0.25, -0.2) is 0 Å². The van der Waals surface area contributed by atoms with Crippen LogP contribution in [0.15, 0.2) is 28.8 Å². The summed E-state index contributed by atoms with van der Waals surface area (Å²) in [6.45, 7) is 5.58. The third-order valence-corrected chi connectivity index (χ3v) is 5.87. The second-order valence-electron chi connectivity index (χ2n) is 7.70. The number of aryl methyl sites for hydroxylation is 2. The van der Waals surface area contributed by atoms with Crippen molar-refractivity contribution in [2.24, 2.45) is 0 Å². The van der Waals surface area contributed by atoms with E-state index < -0.39 is 6.04 Å². The molecule has 0 bridgehead atoms. The lowest BCUT2D eigenvalue weighted by molar-refractivity contribution is -0.139. The largest absolute Gasteiger partial charge is 0.486 e. The summed E-state index contributed by atoms with van der Waals surface area (Å²) in [6, 6.07) is 7.31. The van der Waals surface area contributed by atoms with E-state index >= 15 is 0 Å². The van der Waals surface area contributed by atoms with Crippen LogP contribution in [0.1, 0.15) is 54.1 Å². The summed E-state index contributed by atoms with van der Waals surface area (Å²) >= 11 is 0. The second-order valence-corrected chi connectivity index (χ2v) is 7.70. The smallest absolute Gasteiger partial charge is 0.276 e. The molecule has 1 atom stereocenters. The highest BCUT2D eigenvalue weighted by Gasteiger charge is 2.35. The highest BCUT2D eigenvalue weighted by atomic mass is 16.5. The Morgan fingerprint density at radius 3 is 2.79 bits per heavy atom. The first-order chi connectivity index (χ1) is 14.1. The number of fused-ring (bicyclic) bond motifs is 1. The van der Waals surface area contributed by atoms with E-state index in [0.717, 1.165) is 18.6 Å². The molecule has 0 radical (unpaired) electrons. The average molecular weight is 397 g/mol. The molecule has 154 valence electrons. The molecule has 7 nitrogen and oxygen atoms in total. The molecule has 2 aromatic rings. The Bertz CT molecular complexity index is 907. The number of aromatic nitrogens is 1. The van der Waals surface area contributed by atoms with Gasteiger partial charge in [-0.15, -0.1) is 0 Å². The molecule has 0 unspecified atom stereocenters. The van der Waals surface area contributed by atoms with E-state index in [-0.39, 0.29) is 24.1 Å². The molecule has 2 aliphatic rings. The molecule has 2 heterocycles. The molecule has 0 N–H and O–H groups in total. The summed E-state index contributed by atoms with van der Waals surface area (Å²) in [6.07, 6.45) is 4.70. The fourth-order valence-corrected chi connectivity index (χ4v) is 4.10. The predicted molar refractivity (Wildman–Crippen MR) is 107 cm³/mol. The van der Waals surface area contributed by atoms with Gasteiger partial charge in [-0.1, -0.05) is 11.2 Å². The molecule has 4 rings (SSSR count). The Balaban J connectivity index is 1.38. The molecule has 1 aliphatic heterocycles. The first-order valence-corrected chi connectivity index (χ1v) is 10.4. The predicted octanol–water partition coefficient (Wildman–Crippen LogP) is 2.83. The number of ether oxygens (including phenoxy) is 1. The molecule has 1 aliphatic carbocycles. The SMILES string of the molecule is CCN1CCN(C(=O)c2cc(COc3ccc4c(c3)CCCC4)on2)[C@@H](C)C1=O. The number of carbonyl (C=O) groups excluding carboxylic acids is 2. The first-order valence-electron chi connectivity index (χ1n) is 10.4. The second kappa shape index (κ2) is 8.27. The molecule has 0 spiro atoms. The fraction of sp³-hybridized carbons (Fsp3) is 0.500. The van der Waals surface area contributed by atoms with Gasteiger partial charge in [0.15, 0.2) is 11.5 Å². The number of amides is 2. The number of likely N-dealkylation sites (N-methyl/N-ethyl adjacent to an activating group) is 1. The van der Waals surface area contributed by atoms with Gasteiger partial charge in [-0.05, 0) is 62.8 Å². The zero-order valence-corrected chi connectivity index (χ0v) is 17.0. The Kier molecular flexibility index (Phi) is 5.56. The Labute approximate surface area is 170 Å². The molecule has 1 aromatic carbocycles. The van der Waals surface area contributed by atoms with Crippen LogP contribution < -0.4 is 4.74 Å². The van der Waals surface area contributed by atoms with Gasteiger partial charge in [0.1, 0.15) is 18.4 Å². The maximum atomic E-state index is 12.8. The van der Waals surface area contributed by atoms with Gasteiger partial charge in [0, 0.05) is 25.7 Å². The van der Waals surface area contributed by atoms with Crippen LogP contribution in [0, 0.1) is 0 Å². The first kappa shape index (κ1) is 19.5. The van der Waals surface area contributed by atoms with E-state index in [1.165, 1.54) is 24.0 Å². The number of rotatable bonds is 5. The molecule has 7 heteroatoms. The third-order valence-electron chi connectivity index (χ3n) is 5.87. The van der Waals surface area contributed by atoms with E-state index in [1.807, 2.05) is 13.0 Å². The summed E-state index contributed by atoms with van der Waals surface area (Å²) in [5.74, 6) is 0.957. The lowest BCUT2D eigenvalue weighted by Gasteiger charge is -2.38. The minimum Gasteiger partial charge on any atom is -0.486 e. The number of piperazine rings is 1. The van der Waals surface area contributed by atoms with Crippen molar-refractivity contribution in [3.05, 3.63) is 46.8 Å². The van der Waals surface area contributed by atoms with Crippen molar-refractivity contribution in [1.29, 1.82) is 0 Å². The van der Waals surface area contributed by atoms with Gasteiger partial charge in [0.05, 0.1) is 0 Å². The zero-order valence-electron chi connectivity index (χ0n) is 17.0. The van der Waals surface area contributed by atoms with Crippen LogP contribution in [0.3, 0.4) is 0 Å². The highest BCUT2D eigenvalue weighted by molar-refractivity contribution is 5.96. The molecule has 1 fully saturated rings. The van der Waals surface area contributed by atoms with E-state index in [0.29, 0.717) is 25.4 Å². The monoisotopic (exact) mass is 397 g/mol. The summed E-state index contributed by atoms with van der Waals surface area (Å²) < 4.78 is 11.1. The lowest BCUT2D eigenvalue weighted by atomic mass is 9.92. The fourth-order valence-electron chi connectivity index (χ4n) is 4.10. The standard InChI is InChI=1S/C22H27N3O4/c1-3-24-10-11-25(15(2)21(24)26)22(27)20-13-19(29-23-20)14-28-18-9-8-16-6-4-5-7-17(16)12-18/h8-9,12-13,15H,3-7,10-11,14H2,1-2H3/t15-/m0/s1. The van der Waals surface area contributed by atoms with Crippen LogP contribution >= 0.6 is 0 Å². The molecule has 1 aromatic heterocycles. The Morgan fingerprint density at radius 1 is 1.21 bits per heavy atom. The minimum absolute atomic E-state index is 0.0356. The van der Waals surface area contributed by atoms with Gasteiger partial charge in [0.2, 0.25) is 5.91 Å². The zero-order chi connectivity index (χ0) is 20.4. The average Bonchev–Trinajstić information content (AvgIpc) is 3.22. The van der Waals surface area contributed by atoms with E-state index in [4.69, 9.17) is 9.26 Å². The van der Waals surface area contributed by atoms with Crippen molar-refractivity contribution in [2.75, 3.05) is 19.6 Å². The Hall–Kier alpha value is -2.83. The van der Waals surface area contributed by atoms with E-state index in [1.54, 1.807) is 22.8 Å². The van der Waals surface area contributed by atoms with Gasteiger partial charge in [0.25, 0.3) is 5.91 Å². The quantitative estimate of drug-likeness (QED) is 0.775. The third kappa shape index (κ3) is 3.99. The molecule has 1 saturated heterocycles. The van der Waals surface area contributed by atoms with Crippen molar-refractivity contribution in [2.45, 2.75) is 52.2 Å². The lowest BCUT2D eigenvalue weighted by Crippen LogP contribution is -2.57. The maximum absolute atomic E-state index is 12.8. The number of nitrogens with zero attached hydrogens (tertiary/aromatic N) is 3. The van der Waals surface area contributed by atoms with Crippen LogP contribution in [0.4, 0.5) is 0 Å². The van der Waals surface area contributed by atoms with Crippen molar-refractivity contribution in [3.8, 4) is 5.75 Å². The highest BCUT2D eigenvalue weighted by Crippen LogP contribution is 2.26. The number of hydrogen-bond acceptors (Lipinski definition) is 5. The Morgan fingerprint density at radius 2 is 2.00 bits per heavy atom. The van der Waals surface area contributed by atoms with Crippen LogP contribution in [-0.4, -0.2) is 52.4 Å². The number of benzene rings is 1. The van der Waals surface area contributed by atoms with Gasteiger partial charge in [-0.2, -0.15) is 0 Å². The van der Waals surface area contributed by atoms with Crippen LogP contribution in [0.25, 0.3) is 0 Å². The summed E-state index contributed by atoms with van der Waals surface area (Å²) in [5.41, 5.74) is 2.97. The molecule has 29 heavy (non-hydrogen) atoms. The number of hydrogen-bond donors (Lipinski definition) is 0. The van der Waals surface area contributed by atoms with Gasteiger partial charge >= 0.3 is 0 Å². The molecular formula is C22H27N3O4. The number of carbonyl (C=O) groups is 2. The summed E-state index contributed by atoms with van der Waals surface area (Å²) in [4.78, 5) is 28.4. The van der Waals surface area contributed by atoms with Gasteiger partial charge in [-0.3, -0.25) is 9.59 Å². The van der Waals surface area contributed by atoms with Crippen LogP contribution in [-0.2, 0) is 24.2 Å². The van der Waals surface area contributed by atoms with Crippen molar-refractivity contribution in [1.82, 2.24) is 15.0 Å². The van der Waals surface area contributed by atoms with Gasteiger partial charge < -0.3 is 19.1 Å². The van der Waals surface area contributed by atoms with Crippen LogP contribution in [0.5, 0.6) is 5.75 Å². The summed E-state index contributed by atoms with van der Waals surface area (Å²) in [5, 5.41) is 3.90. The van der Waals surface area contributed by atoms with Crippen molar-refractivity contribution >= 4 is 11.8 Å². The molecule has 2 amide bonds. The minimum atomic E-state index is -0.497. The van der Waals surface area contributed by atoms with Crippen molar-refractivity contribution < 1.29 is 18.8 Å². The molecular weight excluding hydrogens is 370 g/mol. The maximum Gasteiger partial charge on any atom is 0.276 e. The van der Waals surface area contributed by atoms with E-state index in [9.17, 15) is 9.59 Å².